The zero-order chi connectivity index (χ0) is 18.3. The molecule has 0 aliphatic carbocycles. The number of para-hydroxylation sites is 2. The fourth-order valence-electron chi connectivity index (χ4n) is 3.34. The van der Waals surface area contributed by atoms with Gasteiger partial charge in [0.15, 0.2) is 0 Å². The summed E-state index contributed by atoms with van der Waals surface area (Å²) in [4.78, 5) is 0. The lowest BCUT2D eigenvalue weighted by Crippen LogP contribution is -2.16. The molecule has 27 heavy (non-hydrogen) atoms. The Labute approximate surface area is 161 Å². The third kappa shape index (κ3) is 4.69. The molecule has 1 aliphatic heterocycles. The number of benzene rings is 3. The first-order valence-corrected chi connectivity index (χ1v) is 9.60. The molecule has 0 saturated carbocycles. The molecular formula is C24H25NO2. The lowest BCUT2D eigenvalue weighted by Gasteiger charge is -2.16. The van der Waals surface area contributed by atoms with Crippen LogP contribution in [0.3, 0.4) is 0 Å². The number of anilines is 1. The van der Waals surface area contributed by atoms with Crippen LogP contribution in [-0.4, -0.2) is 19.3 Å². The molecule has 138 valence electrons. The van der Waals surface area contributed by atoms with Crippen molar-refractivity contribution in [2.75, 3.05) is 18.5 Å². The first-order chi connectivity index (χ1) is 13.4. The highest BCUT2D eigenvalue weighted by molar-refractivity contribution is 5.63. The molecule has 4 rings (SSSR count). The first kappa shape index (κ1) is 17.6. The molecule has 0 radical (unpaired) electrons. The third-order valence-corrected chi connectivity index (χ3v) is 4.88. The average Bonchev–Trinajstić information content (AvgIpc) is 3.26. The second-order valence-corrected chi connectivity index (χ2v) is 6.86. The van der Waals surface area contributed by atoms with Gasteiger partial charge in [-0.05, 0) is 41.7 Å². The molecule has 3 nitrogen and oxygen atoms in total. The zero-order valence-corrected chi connectivity index (χ0v) is 15.4. The molecule has 1 heterocycles. The molecule has 1 atom stereocenters. The molecule has 1 aliphatic rings. The minimum atomic E-state index is 0.226. The van der Waals surface area contributed by atoms with Crippen molar-refractivity contribution in [3.63, 3.8) is 0 Å². The average molecular weight is 359 g/mol. The standard InChI is InChI=1S/C24H25NO2/c1-2-7-20(8-3-1)21-14-12-19(13-15-21)17-25-23-10-4-5-11-24(23)27-18-22-9-6-16-26-22/h1-5,7-8,10-15,22,25H,6,9,16-18H2. The fourth-order valence-corrected chi connectivity index (χ4v) is 3.34. The van der Waals surface area contributed by atoms with Gasteiger partial charge >= 0.3 is 0 Å². The maximum atomic E-state index is 6.00. The van der Waals surface area contributed by atoms with Crippen molar-refractivity contribution < 1.29 is 9.47 Å². The van der Waals surface area contributed by atoms with Gasteiger partial charge in [0.2, 0.25) is 0 Å². The number of rotatable bonds is 7. The monoisotopic (exact) mass is 359 g/mol. The Morgan fingerprint density at radius 2 is 1.59 bits per heavy atom. The van der Waals surface area contributed by atoms with E-state index in [9.17, 15) is 0 Å². The number of hydrogen-bond donors (Lipinski definition) is 1. The molecule has 0 bridgehead atoms. The maximum Gasteiger partial charge on any atom is 0.142 e. The SMILES string of the molecule is c1ccc(-c2ccc(CNc3ccccc3OCC3CCCO3)cc2)cc1. The van der Waals surface area contributed by atoms with E-state index in [-0.39, 0.29) is 6.10 Å². The Hall–Kier alpha value is -2.78. The Kier molecular flexibility index (Phi) is 5.70. The van der Waals surface area contributed by atoms with E-state index in [1.807, 2.05) is 24.3 Å². The van der Waals surface area contributed by atoms with Crippen LogP contribution in [0.2, 0.25) is 0 Å². The summed E-state index contributed by atoms with van der Waals surface area (Å²) in [5, 5.41) is 3.50. The first-order valence-electron chi connectivity index (χ1n) is 9.60. The van der Waals surface area contributed by atoms with Crippen LogP contribution in [0, 0.1) is 0 Å². The zero-order valence-electron chi connectivity index (χ0n) is 15.4. The van der Waals surface area contributed by atoms with E-state index in [0.29, 0.717) is 6.61 Å². The summed E-state index contributed by atoms with van der Waals surface area (Å²) in [6, 6.07) is 27.2. The predicted octanol–water partition coefficient (Wildman–Crippen LogP) is 5.52. The minimum Gasteiger partial charge on any atom is -0.489 e. The molecule has 1 fully saturated rings. The van der Waals surface area contributed by atoms with Gasteiger partial charge < -0.3 is 14.8 Å². The van der Waals surface area contributed by atoms with Gasteiger partial charge in [0.25, 0.3) is 0 Å². The molecule has 1 unspecified atom stereocenters. The van der Waals surface area contributed by atoms with Crippen LogP contribution in [0.25, 0.3) is 11.1 Å². The van der Waals surface area contributed by atoms with Crippen molar-refractivity contribution in [3.05, 3.63) is 84.4 Å². The van der Waals surface area contributed by atoms with Crippen molar-refractivity contribution in [1.82, 2.24) is 0 Å². The van der Waals surface area contributed by atoms with Crippen molar-refractivity contribution in [2.24, 2.45) is 0 Å². The Balaban J connectivity index is 1.37. The number of nitrogens with one attached hydrogen (secondary N) is 1. The van der Waals surface area contributed by atoms with Crippen molar-refractivity contribution in [3.8, 4) is 16.9 Å². The van der Waals surface area contributed by atoms with Crippen LogP contribution in [0.15, 0.2) is 78.9 Å². The molecule has 0 spiro atoms. The van der Waals surface area contributed by atoms with E-state index in [2.05, 4.69) is 59.9 Å². The lowest BCUT2D eigenvalue weighted by molar-refractivity contribution is 0.0682. The van der Waals surface area contributed by atoms with Gasteiger partial charge in [-0.2, -0.15) is 0 Å². The Bertz CT molecular complexity index is 840. The van der Waals surface area contributed by atoms with Crippen LogP contribution in [0.1, 0.15) is 18.4 Å². The molecule has 0 aromatic heterocycles. The normalized spacial score (nSPS) is 16.2. The van der Waals surface area contributed by atoms with E-state index in [1.54, 1.807) is 0 Å². The quantitative estimate of drug-likeness (QED) is 0.602. The second-order valence-electron chi connectivity index (χ2n) is 6.86. The molecule has 3 heteroatoms. The van der Waals surface area contributed by atoms with Gasteiger partial charge in [-0.3, -0.25) is 0 Å². The van der Waals surface area contributed by atoms with Gasteiger partial charge in [-0.15, -0.1) is 0 Å². The Morgan fingerprint density at radius 1 is 0.852 bits per heavy atom. The number of hydrogen-bond acceptors (Lipinski definition) is 3. The highest BCUT2D eigenvalue weighted by Gasteiger charge is 2.16. The molecule has 3 aromatic rings. The van der Waals surface area contributed by atoms with Crippen LogP contribution >= 0.6 is 0 Å². The second kappa shape index (κ2) is 8.74. The predicted molar refractivity (Wildman–Crippen MR) is 110 cm³/mol. The van der Waals surface area contributed by atoms with E-state index < -0.39 is 0 Å². The summed E-state index contributed by atoms with van der Waals surface area (Å²) in [6.07, 6.45) is 2.44. The van der Waals surface area contributed by atoms with Gasteiger partial charge in [0, 0.05) is 13.2 Å². The lowest BCUT2D eigenvalue weighted by atomic mass is 10.0. The van der Waals surface area contributed by atoms with Crippen LogP contribution in [0.5, 0.6) is 5.75 Å². The van der Waals surface area contributed by atoms with Gasteiger partial charge in [-0.1, -0.05) is 66.7 Å². The van der Waals surface area contributed by atoms with E-state index in [0.717, 1.165) is 37.4 Å². The van der Waals surface area contributed by atoms with Crippen molar-refractivity contribution >= 4 is 5.69 Å². The largest absolute Gasteiger partial charge is 0.489 e. The summed E-state index contributed by atoms with van der Waals surface area (Å²) in [6.45, 7) is 2.23. The van der Waals surface area contributed by atoms with Gasteiger partial charge in [0.05, 0.1) is 11.8 Å². The third-order valence-electron chi connectivity index (χ3n) is 4.88. The molecule has 1 N–H and O–H groups in total. The van der Waals surface area contributed by atoms with E-state index in [1.165, 1.54) is 16.7 Å². The van der Waals surface area contributed by atoms with Crippen LogP contribution in [-0.2, 0) is 11.3 Å². The summed E-state index contributed by atoms with van der Waals surface area (Å²) in [5.74, 6) is 0.883. The van der Waals surface area contributed by atoms with Crippen molar-refractivity contribution in [2.45, 2.75) is 25.5 Å². The van der Waals surface area contributed by atoms with Crippen LogP contribution in [0.4, 0.5) is 5.69 Å². The fraction of sp³-hybridized carbons (Fsp3) is 0.250. The highest BCUT2D eigenvalue weighted by atomic mass is 16.5. The summed E-state index contributed by atoms with van der Waals surface area (Å²) in [5.41, 5.74) is 4.73. The molecule has 1 saturated heterocycles. The topological polar surface area (TPSA) is 30.5 Å². The van der Waals surface area contributed by atoms with E-state index in [4.69, 9.17) is 9.47 Å². The maximum absolute atomic E-state index is 6.00. The van der Waals surface area contributed by atoms with E-state index >= 15 is 0 Å². The van der Waals surface area contributed by atoms with Crippen molar-refractivity contribution in [1.29, 1.82) is 0 Å². The van der Waals surface area contributed by atoms with Gasteiger partial charge in [-0.25, -0.2) is 0 Å². The molecule has 3 aromatic carbocycles. The smallest absolute Gasteiger partial charge is 0.142 e. The Morgan fingerprint density at radius 3 is 2.37 bits per heavy atom. The minimum absolute atomic E-state index is 0.226. The summed E-state index contributed by atoms with van der Waals surface area (Å²) < 4.78 is 11.6. The molecule has 0 amide bonds. The highest BCUT2D eigenvalue weighted by Crippen LogP contribution is 2.26. The summed E-state index contributed by atoms with van der Waals surface area (Å²) >= 11 is 0. The van der Waals surface area contributed by atoms with Crippen LogP contribution < -0.4 is 10.1 Å². The number of ether oxygens (including phenoxy) is 2. The summed E-state index contributed by atoms with van der Waals surface area (Å²) in [7, 11) is 0. The molecular weight excluding hydrogens is 334 g/mol. The van der Waals surface area contributed by atoms with Gasteiger partial charge in [0.1, 0.15) is 12.4 Å².